The van der Waals surface area contributed by atoms with Crippen LogP contribution in [-0.2, 0) is 0 Å². The van der Waals surface area contributed by atoms with Crippen molar-refractivity contribution in [3.63, 3.8) is 0 Å². The lowest BCUT2D eigenvalue weighted by atomic mass is 10.2. The molecule has 0 bridgehead atoms. The van der Waals surface area contributed by atoms with Gasteiger partial charge >= 0.3 is 5.63 Å². The Morgan fingerprint density at radius 1 is 1.33 bits per heavy atom. The van der Waals surface area contributed by atoms with Gasteiger partial charge in [-0.2, -0.15) is 0 Å². The van der Waals surface area contributed by atoms with E-state index < -0.39 is 17.3 Å². The van der Waals surface area contributed by atoms with Crippen molar-refractivity contribution in [1.29, 1.82) is 0 Å². The van der Waals surface area contributed by atoms with Crippen molar-refractivity contribution >= 4 is 11.6 Å². The first-order valence-electron chi connectivity index (χ1n) is 5.99. The zero-order valence-electron chi connectivity index (χ0n) is 10.9. The molecule has 1 amide bonds. The summed E-state index contributed by atoms with van der Waals surface area (Å²) >= 11 is 0. The van der Waals surface area contributed by atoms with E-state index in [0.717, 1.165) is 12.3 Å². The SMILES string of the molecule is NCC#Cc1ccc(NC(=O)c2ccc(=O)oc2)c(F)c1. The Morgan fingerprint density at radius 3 is 2.76 bits per heavy atom. The molecular weight excluding hydrogens is 275 g/mol. The van der Waals surface area contributed by atoms with E-state index in [1.807, 2.05) is 0 Å². The molecule has 6 heteroatoms. The van der Waals surface area contributed by atoms with Crippen LogP contribution in [-0.4, -0.2) is 12.5 Å². The highest BCUT2D eigenvalue weighted by molar-refractivity contribution is 6.04. The van der Waals surface area contributed by atoms with Crippen LogP contribution in [0.25, 0.3) is 0 Å². The summed E-state index contributed by atoms with van der Waals surface area (Å²) in [6.45, 7) is 0.180. The third kappa shape index (κ3) is 3.78. The molecule has 2 aromatic rings. The van der Waals surface area contributed by atoms with Gasteiger partial charge in [0, 0.05) is 11.6 Å². The number of nitrogens with one attached hydrogen (secondary N) is 1. The summed E-state index contributed by atoms with van der Waals surface area (Å²) in [7, 11) is 0. The molecule has 1 aromatic carbocycles. The highest BCUT2D eigenvalue weighted by atomic mass is 19.1. The number of halogens is 1. The Kier molecular flexibility index (Phi) is 4.49. The molecule has 0 radical (unpaired) electrons. The van der Waals surface area contributed by atoms with Gasteiger partial charge in [-0.3, -0.25) is 4.79 Å². The number of anilines is 1. The van der Waals surface area contributed by atoms with Crippen molar-refractivity contribution in [2.45, 2.75) is 0 Å². The summed E-state index contributed by atoms with van der Waals surface area (Å²) in [5, 5.41) is 2.38. The zero-order chi connectivity index (χ0) is 15.2. The molecule has 3 N–H and O–H groups in total. The van der Waals surface area contributed by atoms with Gasteiger partial charge in [-0.05, 0) is 24.3 Å². The second-order valence-corrected chi connectivity index (χ2v) is 4.00. The van der Waals surface area contributed by atoms with Crippen molar-refractivity contribution in [1.82, 2.24) is 0 Å². The quantitative estimate of drug-likeness (QED) is 0.816. The molecule has 0 spiro atoms. The van der Waals surface area contributed by atoms with E-state index in [9.17, 15) is 14.0 Å². The zero-order valence-corrected chi connectivity index (χ0v) is 10.9. The summed E-state index contributed by atoms with van der Waals surface area (Å²) in [6.07, 6.45) is 1.01. The third-order valence-electron chi connectivity index (χ3n) is 2.52. The molecule has 0 atom stereocenters. The monoisotopic (exact) mass is 286 g/mol. The number of carbonyl (C=O) groups is 1. The largest absolute Gasteiger partial charge is 0.430 e. The van der Waals surface area contributed by atoms with Crippen molar-refractivity contribution in [3.8, 4) is 11.8 Å². The summed E-state index contributed by atoms with van der Waals surface area (Å²) in [4.78, 5) is 22.7. The average Bonchev–Trinajstić information content (AvgIpc) is 2.48. The number of hydrogen-bond donors (Lipinski definition) is 2. The predicted octanol–water partition coefficient (Wildman–Crippen LogP) is 1.34. The predicted molar refractivity (Wildman–Crippen MR) is 75.3 cm³/mol. The van der Waals surface area contributed by atoms with Crippen molar-refractivity contribution in [2.24, 2.45) is 5.73 Å². The van der Waals surface area contributed by atoms with Gasteiger partial charge < -0.3 is 15.5 Å². The van der Waals surface area contributed by atoms with Gasteiger partial charge in [0.1, 0.15) is 12.1 Å². The van der Waals surface area contributed by atoms with Crippen LogP contribution in [0.15, 0.2) is 45.8 Å². The summed E-state index contributed by atoms with van der Waals surface area (Å²) < 4.78 is 18.4. The van der Waals surface area contributed by atoms with Crippen LogP contribution in [0.3, 0.4) is 0 Å². The Labute approximate surface area is 119 Å². The number of benzene rings is 1. The first-order chi connectivity index (χ1) is 10.1. The molecular formula is C15H11FN2O3. The number of amides is 1. The minimum absolute atomic E-state index is 0.00417. The van der Waals surface area contributed by atoms with Crippen LogP contribution in [0.1, 0.15) is 15.9 Å². The van der Waals surface area contributed by atoms with Crippen LogP contribution in [0, 0.1) is 17.7 Å². The fraction of sp³-hybridized carbons (Fsp3) is 0.0667. The molecule has 0 aliphatic rings. The molecule has 0 saturated carbocycles. The van der Waals surface area contributed by atoms with Crippen LogP contribution in [0.5, 0.6) is 0 Å². The summed E-state index contributed by atoms with van der Waals surface area (Å²) in [6, 6.07) is 6.56. The molecule has 0 saturated heterocycles. The molecule has 1 aromatic heterocycles. The topological polar surface area (TPSA) is 85.3 Å². The van der Waals surface area contributed by atoms with Gasteiger partial charge in [0.15, 0.2) is 0 Å². The maximum Gasteiger partial charge on any atom is 0.335 e. The number of hydrogen-bond acceptors (Lipinski definition) is 4. The second-order valence-electron chi connectivity index (χ2n) is 4.00. The van der Waals surface area contributed by atoms with Gasteiger partial charge in [0.2, 0.25) is 0 Å². The lowest BCUT2D eigenvalue weighted by Gasteiger charge is -2.06. The van der Waals surface area contributed by atoms with E-state index in [2.05, 4.69) is 21.6 Å². The van der Waals surface area contributed by atoms with Crippen molar-refractivity contribution in [3.05, 3.63) is 64.0 Å². The van der Waals surface area contributed by atoms with E-state index in [0.29, 0.717) is 5.56 Å². The van der Waals surface area contributed by atoms with Crippen molar-refractivity contribution in [2.75, 3.05) is 11.9 Å². The van der Waals surface area contributed by atoms with E-state index >= 15 is 0 Å². The Balaban J connectivity index is 2.17. The molecule has 0 aliphatic heterocycles. The maximum absolute atomic E-state index is 13.8. The van der Waals surface area contributed by atoms with Gasteiger partial charge in [0.05, 0.1) is 17.8 Å². The maximum atomic E-state index is 13.8. The van der Waals surface area contributed by atoms with Crippen LogP contribution < -0.4 is 16.7 Å². The Hall–Kier alpha value is -2.91. The van der Waals surface area contributed by atoms with Gasteiger partial charge in [-0.15, -0.1) is 0 Å². The lowest BCUT2D eigenvalue weighted by Crippen LogP contribution is -2.14. The van der Waals surface area contributed by atoms with E-state index in [-0.39, 0.29) is 17.8 Å². The average molecular weight is 286 g/mol. The van der Waals surface area contributed by atoms with E-state index in [1.54, 1.807) is 6.07 Å². The smallest absolute Gasteiger partial charge is 0.335 e. The molecule has 5 nitrogen and oxygen atoms in total. The molecule has 0 unspecified atom stereocenters. The fourth-order valence-electron chi connectivity index (χ4n) is 1.53. The normalized spacial score (nSPS) is 9.62. The Bertz CT molecular complexity index is 767. The molecule has 2 rings (SSSR count). The number of nitrogens with two attached hydrogens (primary N) is 1. The molecule has 0 aliphatic carbocycles. The number of carbonyl (C=O) groups excluding carboxylic acids is 1. The molecule has 106 valence electrons. The van der Waals surface area contributed by atoms with Crippen LogP contribution >= 0.6 is 0 Å². The summed E-state index contributed by atoms with van der Waals surface area (Å²) in [5.41, 5.74) is 5.24. The minimum Gasteiger partial charge on any atom is -0.430 e. The molecule has 21 heavy (non-hydrogen) atoms. The summed E-state index contributed by atoms with van der Waals surface area (Å²) in [5.74, 6) is 4.09. The highest BCUT2D eigenvalue weighted by Crippen LogP contribution is 2.16. The van der Waals surface area contributed by atoms with Crippen LogP contribution in [0.2, 0.25) is 0 Å². The first-order valence-corrected chi connectivity index (χ1v) is 5.99. The highest BCUT2D eigenvalue weighted by Gasteiger charge is 2.10. The van der Waals surface area contributed by atoms with E-state index in [4.69, 9.17) is 5.73 Å². The minimum atomic E-state index is -0.621. The standard InChI is InChI=1S/C15H11FN2O3/c16-12-8-10(2-1-7-17)3-5-13(12)18-15(20)11-4-6-14(19)21-9-11/h3-6,8-9H,7,17H2,(H,18,20). The molecule has 0 fully saturated rings. The fourth-order valence-corrected chi connectivity index (χ4v) is 1.53. The van der Waals surface area contributed by atoms with Gasteiger partial charge in [-0.25, -0.2) is 9.18 Å². The van der Waals surface area contributed by atoms with Crippen LogP contribution in [0.4, 0.5) is 10.1 Å². The van der Waals surface area contributed by atoms with Gasteiger partial charge in [-0.1, -0.05) is 11.8 Å². The molecule has 1 heterocycles. The third-order valence-corrected chi connectivity index (χ3v) is 2.52. The first kappa shape index (κ1) is 14.5. The van der Waals surface area contributed by atoms with Crippen molar-refractivity contribution < 1.29 is 13.6 Å². The lowest BCUT2D eigenvalue weighted by molar-refractivity contribution is 0.102. The number of rotatable bonds is 2. The Morgan fingerprint density at radius 2 is 2.14 bits per heavy atom. The van der Waals surface area contributed by atoms with E-state index in [1.165, 1.54) is 18.2 Å². The van der Waals surface area contributed by atoms with Gasteiger partial charge in [0.25, 0.3) is 5.91 Å². The second kappa shape index (κ2) is 6.50.